The molecular weight excluding hydrogens is 229 g/mol. The van der Waals surface area contributed by atoms with E-state index in [-0.39, 0.29) is 6.54 Å². The molecule has 0 fully saturated rings. The van der Waals surface area contributed by atoms with Crippen LogP contribution in [-0.4, -0.2) is 4.98 Å². The molecule has 0 unspecified atom stereocenters. The minimum Gasteiger partial charge on any atom is -0.380 e. The Kier molecular flexibility index (Phi) is 3.27. The lowest BCUT2D eigenvalue weighted by molar-refractivity contribution is 0.580. The Balaban J connectivity index is 2.04. The molecule has 2 rings (SSSR count). The van der Waals surface area contributed by atoms with Crippen LogP contribution in [0, 0.1) is 17.6 Å². The van der Waals surface area contributed by atoms with Crippen molar-refractivity contribution in [2.75, 3.05) is 5.32 Å². The van der Waals surface area contributed by atoms with E-state index in [4.69, 9.17) is 0 Å². The molecule has 1 N–H and O–H groups in total. The first-order valence-corrected chi connectivity index (χ1v) is 4.94. The highest BCUT2D eigenvalue weighted by molar-refractivity contribution is 5.40. The number of nitrogens with one attached hydrogen (secondary N) is 1. The van der Waals surface area contributed by atoms with E-state index in [0.717, 1.165) is 6.07 Å². The number of aromatic nitrogens is 1. The fraction of sp³-hybridized carbons (Fsp3) is 0.0833. The first-order valence-electron chi connectivity index (χ1n) is 4.94. The van der Waals surface area contributed by atoms with E-state index in [2.05, 4.69) is 10.3 Å². The molecule has 1 aromatic heterocycles. The van der Waals surface area contributed by atoms with Crippen LogP contribution in [-0.2, 0) is 6.54 Å². The van der Waals surface area contributed by atoms with Crippen molar-refractivity contribution in [1.82, 2.24) is 4.98 Å². The fourth-order valence-electron chi connectivity index (χ4n) is 1.40. The van der Waals surface area contributed by atoms with Crippen LogP contribution in [0.4, 0.5) is 18.9 Å². The molecule has 0 aliphatic heterocycles. The molecule has 5 heteroatoms. The minimum absolute atomic E-state index is 0.238. The Labute approximate surface area is 96.1 Å². The molecule has 1 aromatic carbocycles. The zero-order valence-electron chi connectivity index (χ0n) is 8.75. The van der Waals surface area contributed by atoms with Gasteiger partial charge in [0.1, 0.15) is 11.6 Å². The van der Waals surface area contributed by atoms with Crippen LogP contribution >= 0.6 is 0 Å². The highest BCUT2D eigenvalue weighted by Gasteiger charge is 2.01. The zero-order valence-corrected chi connectivity index (χ0v) is 8.75. The summed E-state index contributed by atoms with van der Waals surface area (Å²) in [6.45, 7) is 0.238. The molecule has 0 radical (unpaired) electrons. The maximum absolute atomic E-state index is 12.9. The van der Waals surface area contributed by atoms with Gasteiger partial charge in [-0.2, -0.15) is 4.39 Å². The number of anilines is 1. The minimum atomic E-state index is -0.626. The molecule has 2 nitrogen and oxygen atoms in total. The van der Waals surface area contributed by atoms with Crippen molar-refractivity contribution in [3.8, 4) is 0 Å². The molecule has 0 atom stereocenters. The van der Waals surface area contributed by atoms with E-state index >= 15 is 0 Å². The number of halogens is 3. The van der Waals surface area contributed by atoms with Gasteiger partial charge < -0.3 is 5.32 Å². The van der Waals surface area contributed by atoms with E-state index in [1.807, 2.05) is 0 Å². The van der Waals surface area contributed by atoms with Crippen molar-refractivity contribution in [3.63, 3.8) is 0 Å². The third kappa shape index (κ3) is 3.21. The zero-order chi connectivity index (χ0) is 12.3. The van der Waals surface area contributed by atoms with Crippen LogP contribution in [0.5, 0.6) is 0 Å². The Bertz CT molecular complexity index is 491. The molecule has 88 valence electrons. The predicted octanol–water partition coefficient (Wildman–Crippen LogP) is 3.11. The second-order valence-corrected chi connectivity index (χ2v) is 3.50. The van der Waals surface area contributed by atoms with Gasteiger partial charge in [0.25, 0.3) is 0 Å². The first-order chi connectivity index (χ1) is 8.13. The summed E-state index contributed by atoms with van der Waals surface area (Å²) in [5.74, 6) is -1.83. The lowest BCUT2D eigenvalue weighted by atomic mass is 10.2. The lowest BCUT2D eigenvalue weighted by Gasteiger charge is -2.06. The molecule has 1 heterocycles. The van der Waals surface area contributed by atoms with E-state index < -0.39 is 17.6 Å². The third-order valence-corrected chi connectivity index (χ3v) is 2.15. The van der Waals surface area contributed by atoms with E-state index in [1.165, 1.54) is 30.5 Å². The topological polar surface area (TPSA) is 24.9 Å². The largest absolute Gasteiger partial charge is 0.380 e. The summed E-state index contributed by atoms with van der Waals surface area (Å²) in [4.78, 5) is 3.45. The summed E-state index contributed by atoms with van der Waals surface area (Å²) >= 11 is 0. The number of benzene rings is 1. The second-order valence-electron chi connectivity index (χ2n) is 3.50. The fourth-order valence-corrected chi connectivity index (χ4v) is 1.40. The van der Waals surface area contributed by atoms with Crippen molar-refractivity contribution in [2.45, 2.75) is 6.54 Å². The Morgan fingerprint density at radius 1 is 1.00 bits per heavy atom. The maximum Gasteiger partial charge on any atom is 0.212 e. The molecule has 17 heavy (non-hydrogen) atoms. The van der Waals surface area contributed by atoms with Gasteiger partial charge in [-0.1, -0.05) is 0 Å². The van der Waals surface area contributed by atoms with Gasteiger partial charge in [0.05, 0.1) is 11.9 Å². The summed E-state index contributed by atoms with van der Waals surface area (Å²) in [7, 11) is 0. The van der Waals surface area contributed by atoms with Crippen molar-refractivity contribution in [2.24, 2.45) is 0 Å². The summed E-state index contributed by atoms with van der Waals surface area (Å²) in [5, 5.41) is 2.88. The Hall–Kier alpha value is -2.04. The highest BCUT2D eigenvalue weighted by atomic mass is 19.1. The third-order valence-electron chi connectivity index (χ3n) is 2.15. The van der Waals surface area contributed by atoms with Gasteiger partial charge in [-0.25, -0.2) is 13.8 Å². The number of rotatable bonds is 3. The molecule has 0 bridgehead atoms. The SMILES string of the molecule is Fc1cc(F)cc(CNc2ccc(F)nc2)c1. The standard InChI is InChI=1S/C12H9F3N2/c13-9-3-8(4-10(14)5-9)6-16-11-1-2-12(15)17-7-11/h1-5,7,16H,6H2. The van der Waals surface area contributed by atoms with Gasteiger partial charge in [-0.3, -0.25) is 0 Å². The maximum atomic E-state index is 12.9. The summed E-state index contributed by atoms with van der Waals surface area (Å²) in [5.41, 5.74) is 1.04. The van der Waals surface area contributed by atoms with E-state index in [0.29, 0.717) is 11.3 Å². The first kappa shape index (κ1) is 11.4. The van der Waals surface area contributed by atoms with Crippen LogP contribution in [0.25, 0.3) is 0 Å². The van der Waals surface area contributed by atoms with E-state index in [9.17, 15) is 13.2 Å². The van der Waals surface area contributed by atoms with Crippen molar-refractivity contribution < 1.29 is 13.2 Å². The average molecular weight is 238 g/mol. The van der Waals surface area contributed by atoms with Gasteiger partial charge in [0, 0.05) is 12.6 Å². The molecule has 0 spiro atoms. The molecule has 0 aliphatic carbocycles. The molecule has 0 aliphatic rings. The van der Waals surface area contributed by atoms with Gasteiger partial charge >= 0.3 is 0 Å². The second kappa shape index (κ2) is 4.86. The van der Waals surface area contributed by atoms with Crippen molar-refractivity contribution >= 4 is 5.69 Å². The predicted molar refractivity (Wildman–Crippen MR) is 57.9 cm³/mol. The highest BCUT2D eigenvalue weighted by Crippen LogP contribution is 2.11. The van der Waals surface area contributed by atoms with Gasteiger partial charge in [-0.15, -0.1) is 0 Å². The normalized spacial score (nSPS) is 10.3. The molecule has 0 saturated heterocycles. The Morgan fingerprint density at radius 3 is 2.29 bits per heavy atom. The van der Waals surface area contributed by atoms with Crippen LogP contribution in [0.15, 0.2) is 36.5 Å². The van der Waals surface area contributed by atoms with Crippen molar-refractivity contribution in [3.05, 3.63) is 59.7 Å². The molecular formula is C12H9F3N2. The summed E-state index contributed by atoms with van der Waals surface area (Å²) in [6.07, 6.45) is 1.31. The summed E-state index contributed by atoms with van der Waals surface area (Å²) in [6, 6.07) is 5.97. The van der Waals surface area contributed by atoms with Crippen molar-refractivity contribution in [1.29, 1.82) is 0 Å². The van der Waals surface area contributed by atoms with Crippen LogP contribution in [0.2, 0.25) is 0 Å². The Morgan fingerprint density at radius 2 is 1.71 bits per heavy atom. The van der Waals surface area contributed by atoms with Crippen LogP contribution < -0.4 is 5.32 Å². The summed E-state index contributed by atoms with van der Waals surface area (Å²) < 4.78 is 38.3. The van der Waals surface area contributed by atoms with Gasteiger partial charge in [-0.05, 0) is 29.8 Å². The van der Waals surface area contributed by atoms with Gasteiger partial charge in [0.2, 0.25) is 5.95 Å². The van der Waals surface area contributed by atoms with Gasteiger partial charge in [0.15, 0.2) is 0 Å². The average Bonchev–Trinajstić information content (AvgIpc) is 2.27. The monoisotopic (exact) mass is 238 g/mol. The molecule has 0 saturated carbocycles. The number of hydrogen-bond donors (Lipinski definition) is 1. The van der Waals surface area contributed by atoms with E-state index in [1.54, 1.807) is 0 Å². The van der Waals surface area contributed by atoms with Crippen LogP contribution in [0.1, 0.15) is 5.56 Å². The number of hydrogen-bond acceptors (Lipinski definition) is 2. The lowest BCUT2D eigenvalue weighted by Crippen LogP contribution is -2.01. The quantitative estimate of drug-likeness (QED) is 0.831. The molecule has 2 aromatic rings. The van der Waals surface area contributed by atoms with Crippen LogP contribution in [0.3, 0.4) is 0 Å². The number of nitrogens with zero attached hydrogens (tertiary/aromatic N) is 1. The smallest absolute Gasteiger partial charge is 0.212 e. The number of pyridine rings is 1. The molecule has 0 amide bonds.